The Labute approximate surface area is 120 Å². The predicted molar refractivity (Wildman–Crippen MR) is 73.1 cm³/mol. The first-order chi connectivity index (χ1) is 10.2. The summed E-state index contributed by atoms with van der Waals surface area (Å²) in [4.78, 5) is 8.53. The number of rotatable bonds is 2. The molecule has 2 heterocycles. The molecule has 0 amide bonds. The van der Waals surface area contributed by atoms with E-state index in [1.54, 1.807) is 18.6 Å². The molecule has 21 heavy (non-hydrogen) atoms. The van der Waals surface area contributed by atoms with Gasteiger partial charge in [-0.3, -0.25) is 0 Å². The topological polar surface area (TPSA) is 56.7 Å². The van der Waals surface area contributed by atoms with Crippen LogP contribution in [-0.4, -0.2) is 19.7 Å². The van der Waals surface area contributed by atoms with E-state index in [0.29, 0.717) is 11.7 Å². The van der Waals surface area contributed by atoms with Gasteiger partial charge < -0.3 is 9.09 Å². The standard InChI is InChI=1S/C15H13FN4O/c1-20-8-17-7-13(20)14-18-15(21-19-14)12-4-2-9-6-10(16)3-5-11(9)12/h3,5-8,12H,2,4H2,1H3. The average Bonchev–Trinajstić information content (AvgIpc) is 3.16. The SMILES string of the molecule is Cn1cncc1-c1noc(C2CCc3cc(F)ccc32)n1. The molecular formula is C15H13FN4O. The summed E-state index contributed by atoms with van der Waals surface area (Å²) in [5.74, 6) is 0.961. The first kappa shape index (κ1) is 12.3. The van der Waals surface area contributed by atoms with Gasteiger partial charge in [-0.25, -0.2) is 9.37 Å². The van der Waals surface area contributed by atoms with E-state index in [1.165, 1.54) is 6.07 Å². The van der Waals surface area contributed by atoms with Gasteiger partial charge in [0.25, 0.3) is 0 Å². The highest BCUT2D eigenvalue weighted by atomic mass is 19.1. The van der Waals surface area contributed by atoms with Crippen molar-refractivity contribution in [3.63, 3.8) is 0 Å². The fourth-order valence-electron chi connectivity index (χ4n) is 2.90. The Hall–Kier alpha value is -2.50. The molecule has 1 aliphatic rings. The zero-order valence-electron chi connectivity index (χ0n) is 11.5. The highest BCUT2D eigenvalue weighted by molar-refractivity contribution is 5.48. The molecule has 1 atom stereocenters. The minimum absolute atomic E-state index is 0.0510. The van der Waals surface area contributed by atoms with Gasteiger partial charge in [0.15, 0.2) is 0 Å². The normalized spacial score (nSPS) is 17.1. The van der Waals surface area contributed by atoms with Crippen molar-refractivity contribution in [3.05, 3.63) is 53.6 Å². The number of aryl methyl sites for hydroxylation is 2. The van der Waals surface area contributed by atoms with Gasteiger partial charge in [0.1, 0.15) is 11.5 Å². The zero-order chi connectivity index (χ0) is 14.4. The van der Waals surface area contributed by atoms with Crippen LogP contribution in [0.5, 0.6) is 0 Å². The molecule has 1 unspecified atom stereocenters. The summed E-state index contributed by atoms with van der Waals surface area (Å²) in [5, 5.41) is 4.03. The number of imidazole rings is 1. The van der Waals surface area contributed by atoms with Crippen molar-refractivity contribution in [3.8, 4) is 11.5 Å². The van der Waals surface area contributed by atoms with Crippen LogP contribution < -0.4 is 0 Å². The van der Waals surface area contributed by atoms with Gasteiger partial charge in [0, 0.05) is 7.05 Å². The van der Waals surface area contributed by atoms with E-state index in [4.69, 9.17) is 4.52 Å². The van der Waals surface area contributed by atoms with Crippen LogP contribution in [0, 0.1) is 5.82 Å². The molecule has 1 aromatic carbocycles. The van der Waals surface area contributed by atoms with Crippen molar-refractivity contribution in [2.75, 3.05) is 0 Å². The Morgan fingerprint density at radius 2 is 2.29 bits per heavy atom. The summed E-state index contributed by atoms with van der Waals surface area (Å²) in [6, 6.07) is 4.89. The van der Waals surface area contributed by atoms with Crippen LogP contribution in [0.15, 0.2) is 35.2 Å². The smallest absolute Gasteiger partial charge is 0.234 e. The van der Waals surface area contributed by atoms with Crippen LogP contribution in [0.4, 0.5) is 4.39 Å². The number of hydrogen-bond donors (Lipinski definition) is 0. The quantitative estimate of drug-likeness (QED) is 0.726. The Kier molecular flexibility index (Phi) is 2.63. The minimum Gasteiger partial charge on any atom is -0.338 e. The number of benzene rings is 1. The van der Waals surface area contributed by atoms with Gasteiger partial charge >= 0.3 is 0 Å². The fraction of sp³-hybridized carbons (Fsp3) is 0.267. The third-order valence-corrected chi connectivity index (χ3v) is 3.97. The van der Waals surface area contributed by atoms with Crippen LogP contribution in [-0.2, 0) is 13.5 Å². The second-order valence-corrected chi connectivity index (χ2v) is 5.28. The fourth-order valence-corrected chi connectivity index (χ4v) is 2.90. The summed E-state index contributed by atoms with van der Waals surface area (Å²) in [5.41, 5.74) is 2.92. The third kappa shape index (κ3) is 1.94. The van der Waals surface area contributed by atoms with E-state index in [0.717, 1.165) is 29.7 Å². The first-order valence-corrected chi connectivity index (χ1v) is 6.81. The molecule has 4 rings (SSSR count). The second kappa shape index (κ2) is 4.51. The summed E-state index contributed by atoms with van der Waals surface area (Å²) in [7, 11) is 1.88. The molecule has 106 valence electrons. The lowest BCUT2D eigenvalue weighted by Crippen LogP contribution is -1.97. The lowest BCUT2D eigenvalue weighted by molar-refractivity contribution is 0.365. The monoisotopic (exact) mass is 284 g/mol. The Bertz CT molecular complexity index is 808. The molecule has 5 nitrogen and oxygen atoms in total. The van der Waals surface area contributed by atoms with Gasteiger partial charge in [0.2, 0.25) is 11.7 Å². The largest absolute Gasteiger partial charge is 0.338 e. The van der Waals surface area contributed by atoms with Crippen molar-refractivity contribution >= 4 is 0 Å². The van der Waals surface area contributed by atoms with Crippen LogP contribution in [0.3, 0.4) is 0 Å². The predicted octanol–water partition coefficient (Wildman–Crippen LogP) is 2.69. The molecule has 3 aromatic rings. The molecule has 1 aliphatic carbocycles. The van der Waals surface area contributed by atoms with Gasteiger partial charge in [-0.15, -0.1) is 0 Å². The minimum atomic E-state index is -0.199. The number of fused-ring (bicyclic) bond motifs is 1. The molecule has 0 saturated heterocycles. The number of aromatic nitrogens is 4. The Morgan fingerprint density at radius 3 is 3.10 bits per heavy atom. The van der Waals surface area contributed by atoms with E-state index in [-0.39, 0.29) is 11.7 Å². The molecule has 0 aliphatic heterocycles. The van der Waals surface area contributed by atoms with Crippen molar-refractivity contribution in [1.29, 1.82) is 0 Å². The molecule has 0 N–H and O–H groups in total. The molecule has 2 aromatic heterocycles. The summed E-state index contributed by atoms with van der Waals surface area (Å²) in [6.07, 6.45) is 5.10. The molecule has 0 bridgehead atoms. The van der Waals surface area contributed by atoms with Gasteiger partial charge in [-0.1, -0.05) is 11.2 Å². The summed E-state index contributed by atoms with van der Waals surface area (Å²) < 4.78 is 20.5. The number of hydrogen-bond acceptors (Lipinski definition) is 4. The van der Waals surface area contributed by atoms with Gasteiger partial charge in [0.05, 0.1) is 18.4 Å². The maximum atomic E-state index is 13.3. The van der Waals surface area contributed by atoms with Gasteiger partial charge in [-0.2, -0.15) is 4.98 Å². The third-order valence-electron chi connectivity index (χ3n) is 3.97. The molecule has 0 spiro atoms. The van der Waals surface area contributed by atoms with Crippen molar-refractivity contribution in [2.24, 2.45) is 7.05 Å². The highest BCUT2D eigenvalue weighted by Crippen LogP contribution is 2.38. The molecule has 0 fully saturated rings. The van der Waals surface area contributed by atoms with E-state index in [1.807, 2.05) is 17.7 Å². The lowest BCUT2D eigenvalue weighted by Gasteiger charge is -2.05. The molecular weight excluding hydrogens is 271 g/mol. The Morgan fingerprint density at radius 1 is 1.38 bits per heavy atom. The zero-order valence-corrected chi connectivity index (χ0v) is 11.5. The first-order valence-electron chi connectivity index (χ1n) is 6.81. The molecule has 6 heteroatoms. The van der Waals surface area contributed by atoms with Crippen molar-refractivity contribution in [2.45, 2.75) is 18.8 Å². The highest BCUT2D eigenvalue weighted by Gasteiger charge is 2.29. The van der Waals surface area contributed by atoms with Crippen LogP contribution >= 0.6 is 0 Å². The maximum Gasteiger partial charge on any atom is 0.234 e. The van der Waals surface area contributed by atoms with Crippen LogP contribution in [0.1, 0.15) is 29.4 Å². The summed E-state index contributed by atoms with van der Waals surface area (Å²) >= 11 is 0. The van der Waals surface area contributed by atoms with Crippen molar-refractivity contribution in [1.82, 2.24) is 19.7 Å². The Balaban J connectivity index is 1.71. The van der Waals surface area contributed by atoms with Gasteiger partial charge in [-0.05, 0) is 36.1 Å². The second-order valence-electron chi connectivity index (χ2n) is 5.28. The maximum absolute atomic E-state index is 13.3. The van der Waals surface area contributed by atoms with E-state index >= 15 is 0 Å². The average molecular weight is 284 g/mol. The van der Waals surface area contributed by atoms with Crippen LogP contribution in [0.25, 0.3) is 11.5 Å². The van der Waals surface area contributed by atoms with Crippen LogP contribution in [0.2, 0.25) is 0 Å². The number of halogens is 1. The van der Waals surface area contributed by atoms with E-state index < -0.39 is 0 Å². The lowest BCUT2D eigenvalue weighted by atomic mass is 10.0. The molecule has 0 radical (unpaired) electrons. The molecule has 0 saturated carbocycles. The summed E-state index contributed by atoms with van der Waals surface area (Å²) in [6.45, 7) is 0. The van der Waals surface area contributed by atoms with E-state index in [2.05, 4.69) is 15.1 Å². The van der Waals surface area contributed by atoms with Crippen molar-refractivity contribution < 1.29 is 8.91 Å². The van der Waals surface area contributed by atoms with E-state index in [9.17, 15) is 4.39 Å². The number of nitrogens with zero attached hydrogens (tertiary/aromatic N) is 4.